The summed E-state index contributed by atoms with van der Waals surface area (Å²) in [5.74, 6) is 1.18. The number of nitrogen functional groups attached to an aromatic ring is 1. The fourth-order valence-corrected chi connectivity index (χ4v) is 1.75. The second kappa shape index (κ2) is 6.43. The Hall–Kier alpha value is -2.30. The van der Waals surface area contributed by atoms with Crippen molar-refractivity contribution in [2.75, 3.05) is 17.7 Å². The van der Waals surface area contributed by atoms with Gasteiger partial charge in [-0.1, -0.05) is 13.8 Å². The molecule has 0 aliphatic heterocycles. The number of hydrogen-bond acceptors (Lipinski definition) is 4. The molecule has 0 saturated carbocycles. The Morgan fingerprint density at radius 1 is 1.29 bits per heavy atom. The summed E-state index contributed by atoms with van der Waals surface area (Å²) in [7, 11) is 0. The average molecular weight is 289 g/mol. The highest BCUT2D eigenvalue weighted by atomic mass is 19.1. The van der Waals surface area contributed by atoms with Crippen molar-refractivity contribution in [3.63, 3.8) is 0 Å². The third kappa shape index (κ3) is 4.08. The van der Waals surface area contributed by atoms with E-state index in [1.54, 1.807) is 31.2 Å². The van der Waals surface area contributed by atoms with Crippen LogP contribution in [0.15, 0.2) is 30.3 Å². The van der Waals surface area contributed by atoms with Crippen molar-refractivity contribution in [1.29, 1.82) is 0 Å². The number of hydrogen-bond donors (Lipinski definition) is 2. The van der Waals surface area contributed by atoms with Crippen molar-refractivity contribution in [3.05, 3.63) is 41.7 Å². The topological polar surface area (TPSA) is 60.2 Å². The molecule has 2 aromatic rings. The average Bonchev–Trinajstić information content (AvgIpc) is 2.43. The monoisotopic (exact) mass is 289 g/mol. The lowest BCUT2D eigenvalue weighted by molar-refractivity contribution is 0.263. The molecule has 0 fully saturated rings. The molecule has 0 atom stereocenters. The Kier molecular flexibility index (Phi) is 4.62. The minimum absolute atomic E-state index is 0.230. The van der Waals surface area contributed by atoms with Gasteiger partial charge in [0, 0.05) is 5.69 Å². The standard InChI is InChI=1S/C16H20FN3O/c1-10(2)9-21-16-14(18)6-7-15(20-16)19-12-4-5-13(17)11(3)8-12/h4-8,10H,9,18H2,1-3H3,(H,19,20). The molecule has 0 amide bonds. The number of rotatable bonds is 5. The van der Waals surface area contributed by atoms with Crippen molar-refractivity contribution < 1.29 is 9.13 Å². The van der Waals surface area contributed by atoms with Gasteiger partial charge in [0.05, 0.1) is 12.3 Å². The highest BCUT2D eigenvalue weighted by molar-refractivity contribution is 5.61. The summed E-state index contributed by atoms with van der Waals surface area (Å²) in [6, 6.07) is 8.31. The van der Waals surface area contributed by atoms with Gasteiger partial charge in [0.25, 0.3) is 0 Å². The number of nitrogens with zero attached hydrogens (tertiary/aromatic N) is 1. The van der Waals surface area contributed by atoms with Gasteiger partial charge >= 0.3 is 0 Å². The minimum atomic E-state index is -0.230. The number of aromatic nitrogens is 1. The molecule has 0 unspecified atom stereocenters. The first-order valence-electron chi connectivity index (χ1n) is 6.88. The Morgan fingerprint density at radius 2 is 2.05 bits per heavy atom. The Labute approximate surface area is 124 Å². The molecular formula is C16H20FN3O. The molecule has 0 radical (unpaired) electrons. The molecule has 4 nitrogen and oxygen atoms in total. The Morgan fingerprint density at radius 3 is 2.71 bits per heavy atom. The number of nitrogens with one attached hydrogen (secondary N) is 1. The molecule has 5 heteroatoms. The van der Waals surface area contributed by atoms with Crippen LogP contribution in [0, 0.1) is 18.7 Å². The number of ether oxygens (including phenoxy) is 1. The first kappa shape index (κ1) is 15.1. The summed E-state index contributed by atoms with van der Waals surface area (Å²) >= 11 is 0. The van der Waals surface area contributed by atoms with Crippen molar-refractivity contribution in [3.8, 4) is 5.88 Å². The van der Waals surface area contributed by atoms with Crippen molar-refractivity contribution in [2.24, 2.45) is 5.92 Å². The molecule has 0 aliphatic carbocycles. The first-order valence-corrected chi connectivity index (χ1v) is 6.88. The van der Waals surface area contributed by atoms with Crippen LogP contribution in [0.25, 0.3) is 0 Å². The number of halogens is 1. The van der Waals surface area contributed by atoms with E-state index in [4.69, 9.17) is 10.5 Å². The van der Waals surface area contributed by atoms with Gasteiger partial charge in [-0.15, -0.1) is 0 Å². The van der Waals surface area contributed by atoms with E-state index in [9.17, 15) is 4.39 Å². The van der Waals surface area contributed by atoms with Gasteiger partial charge in [0.15, 0.2) is 0 Å². The third-order valence-corrected chi connectivity index (χ3v) is 2.87. The van der Waals surface area contributed by atoms with E-state index in [1.165, 1.54) is 6.07 Å². The van der Waals surface area contributed by atoms with E-state index in [-0.39, 0.29) is 5.82 Å². The van der Waals surface area contributed by atoms with Crippen LogP contribution in [-0.2, 0) is 0 Å². The maximum atomic E-state index is 13.3. The van der Waals surface area contributed by atoms with Crippen LogP contribution in [0.4, 0.5) is 21.6 Å². The quantitative estimate of drug-likeness (QED) is 0.876. The van der Waals surface area contributed by atoms with E-state index in [0.717, 1.165) is 5.69 Å². The minimum Gasteiger partial charge on any atom is -0.476 e. The highest BCUT2D eigenvalue weighted by Gasteiger charge is 2.07. The van der Waals surface area contributed by atoms with Gasteiger partial charge in [0.1, 0.15) is 11.6 Å². The number of benzene rings is 1. The molecule has 1 heterocycles. The van der Waals surface area contributed by atoms with Crippen molar-refractivity contribution >= 4 is 17.2 Å². The molecule has 2 rings (SSSR count). The van der Waals surface area contributed by atoms with Gasteiger partial charge in [-0.05, 0) is 48.7 Å². The summed E-state index contributed by atoms with van der Waals surface area (Å²) in [6.45, 7) is 6.38. The maximum absolute atomic E-state index is 13.3. The van der Waals surface area contributed by atoms with E-state index >= 15 is 0 Å². The van der Waals surface area contributed by atoms with E-state index < -0.39 is 0 Å². The summed E-state index contributed by atoms with van der Waals surface area (Å²) in [4.78, 5) is 4.34. The van der Waals surface area contributed by atoms with Crippen molar-refractivity contribution in [2.45, 2.75) is 20.8 Å². The molecule has 0 aliphatic rings. The van der Waals surface area contributed by atoms with E-state index in [0.29, 0.717) is 35.5 Å². The normalized spacial score (nSPS) is 10.7. The third-order valence-electron chi connectivity index (χ3n) is 2.87. The molecule has 0 bridgehead atoms. The molecule has 0 spiro atoms. The van der Waals surface area contributed by atoms with Crippen LogP contribution >= 0.6 is 0 Å². The highest BCUT2D eigenvalue weighted by Crippen LogP contribution is 2.24. The van der Waals surface area contributed by atoms with Gasteiger partial charge in [-0.3, -0.25) is 0 Å². The molecule has 21 heavy (non-hydrogen) atoms. The Balaban J connectivity index is 2.16. The van der Waals surface area contributed by atoms with Crippen LogP contribution in [0.1, 0.15) is 19.4 Å². The predicted molar refractivity (Wildman–Crippen MR) is 83.4 cm³/mol. The summed E-state index contributed by atoms with van der Waals surface area (Å²) in [6.07, 6.45) is 0. The zero-order valence-corrected chi connectivity index (χ0v) is 12.5. The van der Waals surface area contributed by atoms with Gasteiger partial charge in [-0.2, -0.15) is 4.98 Å². The van der Waals surface area contributed by atoms with Crippen LogP contribution in [0.3, 0.4) is 0 Å². The number of anilines is 3. The van der Waals surface area contributed by atoms with Crippen molar-refractivity contribution in [1.82, 2.24) is 4.98 Å². The molecule has 1 aromatic heterocycles. The molecule has 1 aromatic carbocycles. The summed E-state index contributed by atoms with van der Waals surface area (Å²) in [5, 5.41) is 3.11. The predicted octanol–water partition coefficient (Wildman–Crippen LogP) is 3.89. The zero-order chi connectivity index (χ0) is 15.4. The maximum Gasteiger partial charge on any atom is 0.239 e. The lowest BCUT2D eigenvalue weighted by Crippen LogP contribution is -2.08. The smallest absolute Gasteiger partial charge is 0.239 e. The fourth-order valence-electron chi connectivity index (χ4n) is 1.75. The number of nitrogens with two attached hydrogens (primary N) is 1. The summed E-state index contributed by atoms with van der Waals surface area (Å²) in [5.41, 5.74) is 7.69. The van der Waals surface area contributed by atoms with E-state index in [2.05, 4.69) is 24.1 Å². The lowest BCUT2D eigenvalue weighted by Gasteiger charge is -2.12. The second-order valence-electron chi connectivity index (χ2n) is 5.38. The Bertz CT molecular complexity index is 629. The van der Waals surface area contributed by atoms with Crippen LogP contribution < -0.4 is 15.8 Å². The van der Waals surface area contributed by atoms with Crippen LogP contribution in [0.5, 0.6) is 5.88 Å². The van der Waals surface area contributed by atoms with Gasteiger partial charge in [-0.25, -0.2) is 4.39 Å². The molecule has 3 N–H and O–H groups in total. The van der Waals surface area contributed by atoms with E-state index in [1.807, 2.05) is 0 Å². The van der Waals surface area contributed by atoms with Crippen LogP contribution in [0.2, 0.25) is 0 Å². The molecular weight excluding hydrogens is 269 g/mol. The second-order valence-corrected chi connectivity index (χ2v) is 5.38. The number of pyridine rings is 1. The summed E-state index contributed by atoms with van der Waals surface area (Å²) < 4.78 is 18.8. The number of aryl methyl sites for hydroxylation is 1. The SMILES string of the molecule is Cc1cc(Nc2ccc(N)c(OCC(C)C)n2)ccc1F. The van der Waals surface area contributed by atoms with Crippen LogP contribution in [-0.4, -0.2) is 11.6 Å². The van der Waals surface area contributed by atoms with Gasteiger partial charge in [0.2, 0.25) is 5.88 Å². The molecule has 0 saturated heterocycles. The largest absolute Gasteiger partial charge is 0.476 e. The van der Waals surface area contributed by atoms with Gasteiger partial charge < -0.3 is 15.8 Å². The first-order chi connectivity index (χ1) is 9.95. The fraction of sp³-hybridized carbons (Fsp3) is 0.312. The zero-order valence-electron chi connectivity index (χ0n) is 12.5. The molecule has 112 valence electrons. The lowest BCUT2D eigenvalue weighted by atomic mass is 10.2.